The molecule has 0 fully saturated rings. The van der Waals surface area contributed by atoms with Crippen molar-refractivity contribution in [2.24, 2.45) is 5.84 Å². The highest BCUT2D eigenvalue weighted by molar-refractivity contribution is 5.98. The van der Waals surface area contributed by atoms with E-state index >= 15 is 0 Å². The van der Waals surface area contributed by atoms with E-state index in [1.165, 1.54) is 13.8 Å². The maximum absolute atomic E-state index is 11.9. The van der Waals surface area contributed by atoms with Gasteiger partial charge in [0.15, 0.2) is 5.60 Å². The molecule has 136 valence electrons. The Kier molecular flexibility index (Phi) is 7.54. The van der Waals surface area contributed by atoms with Gasteiger partial charge in [0.05, 0.1) is 0 Å². The fourth-order valence-corrected chi connectivity index (χ4v) is 1.74. The lowest BCUT2D eigenvalue weighted by atomic mass is 10.1. The SMILES string of the molecule is CC(C)(OC=O)C(=O)N(N)C(=O)CCNC(=O)OCc1ccccc1. The summed E-state index contributed by atoms with van der Waals surface area (Å²) in [6.07, 6.45) is -0.920. The third-order valence-corrected chi connectivity index (χ3v) is 3.17. The van der Waals surface area contributed by atoms with E-state index in [0.29, 0.717) is 5.01 Å². The van der Waals surface area contributed by atoms with Crippen molar-refractivity contribution in [2.75, 3.05) is 6.54 Å². The number of hydrazine groups is 1. The van der Waals surface area contributed by atoms with Crippen LogP contribution in [0.1, 0.15) is 25.8 Å². The Labute approximate surface area is 145 Å². The third-order valence-electron chi connectivity index (χ3n) is 3.17. The van der Waals surface area contributed by atoms with Crippen LogP contribution in [0.2, 0.25) is 0 Å². The zero-order valence-corrected chi connectivity index (χ0v) is 14.1. The van der Waals surface area contributed by atoms with Crippen molar-refractivity contribution in [1.29, 1.82) is 0 Å². The molecule has 0 atom stereocenters. The van der Waals surface area contributed by atoms with Crippen LogP contribution in [-0.4, -0.2) is 41.5 Å². The summed E-state index contributed by atoms with van der Waals surface area (Å²) in [6, 6.07) is 9.09. The van der Waals surface area contributed by atoms with E-state index in [1.807, 2.05) is 18.2 Å². The highest BCUT2D eigenvalue weighted by Crippen LogP contribution is 2.11. The van der Waals surface area contributed by atoms with E-state index in [2.05, 4.69) is 10.1 Å². The Morgan fingerprint density at radius 3 is 2.48 bits per heavy atom. The second kappa shape index (κ2) is 9.38. The van der Waals surface area contributed by atoms with Crippen molar-refractivity contribution in [1.82, 2.24) is 10.3 Å². The van der Waals surface area contributed by atoms with Crippen molar-refractivity contribution in [3.8, 4) is 0 Å². The minimum atomic E-state index is -1.56. The molecule has 0 saturated heterocycles. The van der Waals surface area contributed by atoms with Crippen molar-refractivity contribution in [2.45, 2.75) is 32.5 Å². The van der Waals surface area contributed by atoms with E-state index in [0.717, 1.165) is 5.56 Å². The van der Waals surface area contributed by atoms with Crippen LogP contribution in [0.15, 0.2) is 30.3 Å². The lowest BCUT2D eigenvalue weighted by molar-refractivity contribution is -0.165. The average Bonchev–Trinajstić information content (AvgIpc) is 2.59. The first-order valence-electron chi connectivity index (χ1n) is 7.46. The molecular formula is C16H21N3O6. The monoisotopic (exact) mass is 351 g/mol. The Balaban J connectivity index is 2.34. The average molecular weight is 351 g/mol. The molecule has 0 unspecified atom stereocenters. The molecular weight excluding hydrogens is 330 g/mol. The van der Waals surface area contributed by atoms with Crippen molar-refractivity contribution < 1.29 is 28.7 Å². The van der Waals surface area contributed by atoms with Crippen molar-refractivity contribution >= 4 is 24.4 Å². The van der Waals surface area contributed by atoms with Gasteiger partial charge >= 0.3 is 6.09 Å². The molecule has 3 amide bonds. The van der Waals surface area contributed by atoms with Crippen molar-refractivity contribution in [3.05, 3.63) is 35.9 Å². The van der Waals surface area contributed by atoms with Crippen LogP contribution in [0.5, 0.6) is 0 Å². The molecule has 3 N–H and O–H groups in total. The van der Waals surface area contributed by atoms with Gasteiger partial charge in [-0.15, -0.1) is 0 Å². The second-order valence-corrected chi connectivity index (χ2v) is 5.53. The molecule has 0 aliphatic heterocycles. The minimum Gasteiger partial charge on any atom is -0.452 e. The number of benzene rings is 1. The summed E-state index contributed by atoms with van der Waals surface area (Å²) in [5, 5.41) is 2.74. The Bertz CT molecular complexity index is 618. The minimum absolute atomic E-state index is 0.0671. The van der Waals surface area contributed by atoms with Gasteiger partial charge in [-0.25, -0.2) is 15.6 Å². The number of hydrogen-bond acceptors (Lipinski definition) is 7. The topological polar surface area (TPSA) is 128 Å². The number of nitrogens with two attached hydrogens (primary N) is 1. The molecule has 0 radical (unpaired) electrons. The number of rotatable bonds is 8. The molecule has 1 aromatic rings. The van der Waals surface area contributed by atoms with E-state index in [1.54, 1.807) is 12.1 Å². The van der Waals surface area contributed by atoms with E-state index < -0.39 is 23.5 Å². The maximum Gasteiger partial charge on any atom is 0.407 e. The first kappa shape index (κ1) is 20.1. The zero-order chi connectivity index (χ0) is 18.9. The van der Waals surface area contributed by atoms with Crippen LogP contribution >= 0.6 is 0 Å². The molecule has 0 aliphatic rings. The van der Waals surface area contributed by atoms with Gasteiger partial charge < -0.3 is 14.8 Å². The Morgan fingerprint density at radius 1 is 1.24 bits per heavy atom. The summed E-state index contributed by atoms with van der Waals surface area (Å²) in [6.45, 7) is 2.73. The van der Waals surface area contributed by atoms with E-state index in [9.17, 15) is 19.2 Å². The van der Waals surface area contributed by atoms with Crippen LogP contribution in [0, 0.1) is 0 Å². The summed E-state index contributed by atoms with van der Waals surface area (Å²) in [4.78, 5) is 45.7. The van der Waals surface area contributed by atoms with Crippen LogP contribution in [0.4, 0.5) is 4.79 Å². The number of carbonyl (C=O) groups is 4. The number of ether oxygens (including phenoxy) is 2. The van der Waals surface area contributed by atoms with Gasteiger partial charge in [-0.2, -0.15) is 0 Å². The lowest BCUT2D eigenvalue weighted by Crippen LogP contribution is -2.53. The van der Waals surface area contributed by atoms with Crippen LogP contribution in [0.3, 0.4) is 0 Å². The smallest absolute Gasteiger partial charge is 0.407 e. The number of nitrogens with zero attached hydrogens (tertiary/aromatic N) is 1. The predicted octanol–water partition coefficient (Wildman–Crippen LogP) is 0.483. The Morgan fingerprint density at radius 2 is 1.88 bits per heavy atom. The first-order valence-corrected chi connectivity index (χ1v) is 7.46. The van der Waals surface area contributed by atoms with Gasteiger partial charge in [-0.3, -0.25) is 14.4 Å². The number of alkyl carbamates (subject to hydrolysis) is 1. The van der Waals surface area contributed by atoms with E-state index in [4.69, 9.17) is 10.6 Å². The number of hydrogen-bond donors (Lipinski definition) is 2. The molecule has 0 bridgehead atoms. The van der Waals surface area contributed by atoms with Crippen LogP contribution < -0.4 is 11.2 Å². The molecule has 25 heavy (non-hydrogen) atoms. The van der Waals surface area contributed by atoms with Gasteiger partial charge in [0.1, 0.15) is 6.61 Å². The van der Waals surface area contributed by atoms with Crippen LogP contribution in [-0.2, 0) is 30.5 Å². The largest absolute Gasteiger partial charge is 0.452 e. The number of amides is 3. The number of imide groups is 1. The maximum atomic E-state index is 11.9. The molecule has 0 spiro atoms. The summed E-state index contributed by atoms with van der Waals surface area (Å²) in [7, 11) is 0. The summed E-state index contributed by atoms with van der Waals surface area (Å²) in [5.41, 5.74) is -0.737. The highest BCUT2D eigenvalue weighted by Gasteiger charge is 2.35. The van der Waals surface area contributed by atoms with Gasteiger partial charge in [0.25, 0.3) is 12.4 Å². The summed E-state index contributed by atoms with van der Waals surface area (Å²) in [5.74, 6) is 3.80. The predicted molar refractivity (Wildman–Crippen MR) is 86.5 cm³/mol. The molecule has 1 aromatic carbocycles. The zero-order valence-electron chi connectivity index (χ0n) is 14.1. The molecule has 0 aliphatic carbocycles. The molecule has 0 aromatic heterocycles. The molecule has 9 heteroatoms. The fraction of sp³-hybridized carbons (Fsp3) is 0.375. The molecule has 0 saturated carbocycles. The van der Waals surface area contributed by atoms with E-state index in [-0.39, 0.29) is 26.0 Å². The molecule has 9 nitrogen and oxygen atoms in total. The number of nitrogens with one attached hydrogen (secondary N) is 1. The quantitative estimate of drug-likeness (QED) is 0.302. The summed E-state index contributed by atoms with van der Waals surface area (Å²) >= 11 is 0. The number of carbonyl (C=O) groups excluding carboxylic acids is 4. The molecule has 0 heterocycles. The fourth-order valence-electron chi connectivity index (χ4n) is 1.74. The standard InChI is InChI=1S/C16H21N3O6/c1-16(2,25-11-20)14(22)19(17)13(21)8-9-18-15(23)24-10-12-6-4-3-5-7-12/h3-7,11H,8-10,17H2,1-2H3,(H,18,23). The highest BCUT2D eigenvalue weighted by atomic mass is 16.5. The van der Waals surface area contributed by atoms with Gasteiger partial charge in [-0.05, 0) is 19.4 Å². The van der Waals surface area contributed by atoms with Crippen molar-refractivity contribution in [3.63, 3.8) is 0 Å². The second-order valence-electron chi connectivity index (χ2n) is 5.53. The molecule has 1 rings (SSSR count). The Hall–Kier alpha value is -2.94. The van der Waals surface area contributed by atoms with Crippen LogP contribution in [0.25, 0.3) is 0 Å². The normalized spacial score (nSPS) is 10.5. The summed E-state index contributed by atoms with van der Waals surface area (Å²) < 4.78 is 9.56. The lowest BCUT2D eigenvalue weighted by Gasteiger charge is -2.25. The third kappa shape index (κ3) is 6.60. The van der Waals surface area contributed by atoms with Gasteiger partial charge in [-0.1, -0.05) is 30.3 Å². The van der Waals surface area contributed by atoms with Gasteiger partial charge in [0, 0.05) is 13.0 Å². The van der Waals surface area contributed by atoms with Gasteiger partial charge in [0.2, 0.25) is 5.91 Å². The first-order chi connectivity index (χ1) is 11.8.